The third-order valence-corrected chi connectivity index (χ3v) is 3.10. The van der Waals surface area contributed by atoms with Crippen molar-refractivity contribution in [1.29, 1.82) is 0 Å². The molecule has 0 spiro atoms. The van der Waals surface area contributed by atoms with Crippen LogP contribution in [0.25, 0.3) is 0 Å². The molecular weight excluding hydrogens is 212 g/mol. The van der Waals surface area contributed by atoms with E-state index >= 15 is 0 Å². The first-order valence-electron chi connectivity index (χ1n) is 6.00. The van der Waals surface area contributed by atoms with Gasteiger partial charge in [-0.25, -0.2) is 0 Å². The van der Waals surface area contributed by atoms with Gasteiger partial charge in [-0.3, -0.25) is 0 Å². The zero-order valence-corrected chi connectivity index (χ0v) is 11.8. The van der Waals surface area contributed by atoms with Crippen molar-refractivity contribution >= 4 is 5.69 Å². The van der Waals surface area contributed by atoms with E-state index in [2.05, 4.69) is 38.8 Å². The molecule has 0 heterocycles. The largest absolute Gasteiger partial charge is 0.494 e. The van der Waals surface area contributed by atoms with Crippen LogP contribution in [0.3, 0.4) is 0 Å². The molecule has 0 aliphatic heterocycles. The molecule has 0 saturated heterocycles. The van der Waals surface area contributed by atoms with Crippen LogP contribution in [0, 0.1) is 20.8 Å². The Morgan fingerprint density at radius 1 is 1.29 bits per heavy atom. The lowest BCUT2D eigenvalue weighted by Crippen LogP contribution is -2.33. The summed E-state index contributed by atoms with van der Waals surface area (Å²) >= 11 is 0. The molecule has 0 aliphatic carbocycles. The average Bonchev–Trinajstić information content (AvgIpc) is 2.21. The number of rotatable bonds is 4. The molecule has 0 aromatic heterocycles. The fourth-order valence-electron chi connectivity index (χ4n) is 2.28. The molecular formula is C14H24N2O. The monoisotopic (exact) mass is 236 g/mol. The minimum atomic E-state index is 0.144. The van der Waals surface area contributed by atoms with Gasteiger partial charge in [0.15, 0.2) is 0 Å². The number of hydrogen-bond donors (Lipinski definition) is 1. The standard InChI is InChI=1S/C14H24N2O/c1-9-7-10(2)13(14(17-6)12(9)4)16(5)8-11(3)15/h7,11H,8,15H2,1-6H3. The second kappa shape index (κ2) is 5.41. The predicted molar refractivity (Wildman–Crippen MR) is 74.1 cm³/mol. The topological polar surface area (TPSA) is 38.5 Å². The molecule has 0 aliphatic rings. The normalized spacial score (nSPS) is 12.4. The third-order valence-electron chi connectivity index (χ3n) is 3.10. The molecule has 2 N–H and O–H groups in total. The van der Waals surface area contributed by atoms with E-state index in [-0.39, 0.29) is 6.04 Å². The van der Waals surface area contributed by atoms with Gasteiger partial charge < -0.3 is 15.4 Å². The van der Waals surface area contributed by atoms with Crippen LogP contribution in [0.15, 0.2) is 6.07 Å². The number of methoxy groups -OCH3 is 1. The highest BCUT2D eigenvalue weighted by Gasteiger charge is 2.16. The van der Waals surface area contributed by atoms with E-state index in [1.807, 2.05) is 6.92 Å². The van der Waals surface area contributed by atoms with Gasteiger partial charge in [0.2, 0.25) is 0 Å². The van der Waals surface area contributed by atoms with Crippen molar-refractivity contribution in [1.82, 2.24) is 0 Å². The van der Waals surface area contributed by atoms with Crippen molar-refractivity contribution in [3.05, 3.63) is 22.8 Å². The van der Waals surface area contributed by atoms with Gasteiger partial charge in [0.05, 0.1) is 12.8 Å². The maximum atomic E-state index is 5.86. The van der Waals surface area contributed by atoms with Crippen LogP contribution in [0.2, 0.25) is 0 Å². The number of ether oxygens (including phenoxy) is 1. The van der Waals surface area contributed by atoms with Crippen molar-refractivity contribution in [2.75, 3.05) is 25.6 Å². The summed E-state index contributed by atoms with van der Waals surface area (Å²) in [5.74, 6) is 0.964. The molecule has 0 saturated carbocycles. The molecule has 0 bridgehead atoms. The van der Waals surface area contributed by atoms with E-state index in [0.717, 1.165) is 18.0 Å². The molecule has 3 heteroatoms. The lowest BCUT2D eigenvalue weighted by Gasteiger charge is -2.27. The quantitative estimate of drug-likeness (QED) is 0.872. The smallest absolute Gasteiger partial charge is 0.145 e. The highest BCUT2D eigenvalue weighted by molar-refractivity contribution is 5.67. The summed E-state index contributed by atoms with van der Waals surface area (Å²) in [6.07, 6.45) is 0. The average molecular weight is 236 g/mol. The minimum Gasteiger partial charge on any atom is -0.494 e. The first-order valence-corrected chi connectivity index (χ1v) is 6.00. The van der Waals surface area contributed by atoms with Crippen LogP contribution in [-0.2, 0) is 0 Å². The van der Waals surface area contributed by atoms with Crippen molar-refractivity contribution in [3.63, 3.8) is 0 Å². The SMILES string of the molecule is COc1c(C)c(C)cc(C)c1N(C)CC(C)N. The number of nitrogens with two attached hydrogens (primary N) is 1. The van der Waals surface area contributed by atoms with Crippen molar-refractivity contribution in [2.45, 2.75) is 33.7 Å². The number of nitrogens with zero attached hydrogens (tertiary/aromatic N) is 1. The maximum absolute atomic E-state index is 5.86. The first kappa shape index (κ1) is 13.8. The second-order valence-corrected chi connectivity index (χ2v) is 4.88. The Hall–Kier alpha value is -1.22. The second-order valence-electron chi connectivity index (χ2n) is 4.88. The van der Waals surface area contributed by atoms with Crippen LogP contribution in [0.5, 0.6) is 5.75 Å². The Morgan fingerprint density at radius 2 is 1.88 bits per heavy atom. The molecule has 1 rings (SSSR count). The summed E-state index contributed by atoms with van der Waals surface area (Å²) in [5, 5.41) is 0. The molecule has 1 atom stereocenters. The molecule has 0 amide bonds. The highest BCUT2D eigenvalue weighted by atomic mass is 16.5. The Kier molecular flexibility index (Phi) is 4.40. The number of likely N-dealkylation sites (N-methyl/N-ethyl adjacent to an activating group) is 1. The summed E-state index contributed by atoms with van der Waals surface area (Å²) in [5.41, 5.74) is 10.7. The van der Waals surface area contributed by atoms with Crippen molar-refractivity contribution in [3.8, 4) is 5.75 Å². The summed E-state index contributed by atoms with van der Waals surface area (Å²) in [6.45, 7) is 9.15. The van der Waals surface area contributed by atoms with Crippen LogP contribution in [0.1, 0.15) is 23.6 Å². The lowest BCUT2D eigenvalue weighted by molar-refractivity contribution is 0.411. The molecule has 1 aromatic carbocycles. The van der Waals surface area contributed by atoms with Gasteiger partial charge in [0.25, 0.3) is 0 Å². The third kappa shape index (κ3) is 2.91. The number of hydrogen-bond acceptors (Lipinski definition) is 3. The van der Waals surface area contributed by atoms with Gasteiger partial charge in [0, 0.05) is 19.6 Å². The van der Waals surface area contributed by atoms with Gasteiger partial charge in [-0.05, 0) is 44.4 Å². The van der Waals surface area contributed by atoms with Crippen LogP contribution in [-0.4, -0.2) is 26.7 Å². The molecule has 0 radical (unpaired) electrons. The molecule has 0 fully saturated rings. The molecule has 1 aromatic rings. The summed E-state index contributed by atoms with van der Waals surface area (Å²) in [4.78, 5) is 2.17. The van der Waals surface area contributed by atoms with E-state index in [1.165, 1.54) is 16.7 Å². The van der Waals surface area contributed by atoms with Crippen LogP contribution >= 0.6 is 0 Å². The van der Waals surface area contributed by atoms with Crippen LogP contribution in [0.4, 0.5) is 5.69 Å². The zero-order chi connectivity index (χ0) is 13.2. The molecule has 96 valence electrons. The number of benzene rings is 1. The molecule has 17 heavy (non-hydrogen) atoms. The van der Waals surface area contributed by atoms with E-state index in [1.54, 1.807) is 7.11 Å². The Labute approximate surface area is 105 Å². The fourth-order valence-corrected chi connectivity index (χ4v) is 2.28. The number of anilines is 1. The van der Waals surface area contributed by atoms with E-state index < -0.39 is 0 Å². The summed E-state index contributed by atoms with van der Waals surface area (Å²) < 4.78 is 5.56. The van der Waals surface area contributed by atoms with E-state index in [4.69, 9.17) is 10.5 Å². The zero-order valence-electron chi connectivity index (χ0n) is 11.8. The molecule has 1 unspecified atom stereocenters. The van der Waals surface area contributed by atoms with Gasteiger partial charge in [-0.15, -0.1) is 0 Å². The fraction of sp³-hybridized carbons (Fsp3) is 0.571. The Balaban J connectivity index is 3.26. The minimum absolute atomic E-state index is 0.144. The lowest BCUT2D eigenvalue weighted by atomic mass is 10.0. The van der Waals surface area contributed by atoms with Crippen molar-refractivity contribution in [2.24, 2.45) is 5.73 Å². The van der Waals surface area contributed by atoms with Crippen molar-refractivity contribution < 1.29 is 4.74 Å². The van der Waals surface area contributed by atoms with Gasteiger partial charge in [0.1, 0.15) is 5.75 Å². The van der Waals surface area contributed by atoms with Gasteiger partial charge >= 0.3 is 0 Å². The maximum Gasteiger partial charge on any atom is 0.145 e. The van der Waals surface area contributed by atoms with Gasteiger partial charge in [-0.2, -0.15) is 0 Å². The van der Waals surface area contributed by atoms with Gasteiger partial charge in [-0.1, -0.05) is 6.07 Å². The predicted octanol–water partition coefficient (Wildman–Crippen LogP) is 2.40. The summed E-state index contributed by atoms with van der Waals surface area (Å²) in [7, 11) is 3.79. The van der Waals surface area contributed by atoms with E-state index in [9.17, 15) is 0 Å². The van der Waals surface area contributed by atoms with Crippen LogP contribution < -0.4 is 15.4 Å². The first-order chi connectivity index (χ1) is 7.88. The highest BCUT2D eigenvalue weighted by Crippen LogP contribution is 2.36. The Morgan fingerprint density at radius 3 is 2.35 bits per heavy atom. The molecule has 3 nitrogen and oxygen atoms in total. The van der Waals surface area contributed by atoms with E-state index in [0.29, 0.717) is 0 Å². The number of aryl methyl sites for hydroxylation is 2. The Bertz CT molecular complexity index is 400. The summed E-state index contributed by atoms with van der Waals surface area (Å²) in [6, 6.07) is 2.34.